The second kappa shape index (κ2) is 12.2. The van der Waals surface area contributed by atoms with E-state index in [9.17, 15) is 14.1 Å². The first-order valence-electron chi connectivity index (χ1n) is 15.6. The van der Waals surface area contributed by atoms with Gasteiger partial charge in [0.25, 0.3) is 5.91 Å². The maximum Gasteiger partial charge on any atom is 0.262 e. The molecule has 9 heteroatoms. The number of nitrogens with one attached hydrogen (secondary N) is 1. The molecule has 4 aliphatic rings. The summed E-state index contributed by atoms with van der Waals surface area (Å²) in [5, 5.41) is 11.7. The monoisotopic (exact) mass is 638 g/mol. The normalized spacial score (nSPS) is 30.9. The molecule has 1 saturated heterocycles. The predicted molar refractivity (Wildman–Crippen MR) is 178 cm³/mol. The molecule has 2 heterocycles. The number of hydrogen-bond donors (Lipinski definition) is 2. The van der Waals surface area contributed by atoms with Crippen LogP contribution in [0.5, 0.6) is 5.75 Å². The zero-order valence-corrected chi connectivity index (χ0v) is 26.8. The third-order valence-corrected chi connectivity index (χ3v) is 11.7. The zero-order chi connectivity index (χ0) is 31.1. The minimum atomic E-state index is -2.84. The Labute approximate surface area is 266 Å². The molecular formula is C35H43ClN2O5S. The van der Waals surface area contributed by atoms with E-state index in [0.717, 1.165) is 61.7 Å². The molecule has 44 heavy (non-hydrogen) atoms. The molecule has 1 unspecified atom stereocenters. The molecule has 2 aliphatic heterocycles. The van der Waals surface area contributed by atoms with Crippen LogP contribution in [0.2, 0.25) is 5.02 Å². The van der Waals surface area contributed by atoms with E-state index in [1.165, 1.54) is 17.2 Å². The lowest BCUT2D eigenvalue weighted by Crippen LogP contribution is -2.52. The quantitative estimate of drug-likeness (QED) is 0.294. The summed E-state index contributed by atoms with van der Waals surface area (Å²) in [4.78, 5) is 15.7. The van der Waals surface area contributed by atoms with E-state index in [1.54, 1.807) is 12.1 Å². The topological polar surface area (TPSA) is 88.1 Å². The van der Waals surface area contributed by atoms with Crippen LogP contribution in [-0.2, 0) is 26.3 Å². The number of carbonyl (C=O) groups is 1. The van der Waals surface area contributed by atoms with Gasteiger partial charge in [-0.3, -0.25) is 9.52 Å². The van der Waals surface area contributed by atoms with Crippen molar-refractivity contribution in [3.63, 3.8) is 0 Å². The van der Waals surface area contributed by atoms with E-state index in [1.807, 2.05) is 18.2 Å². The molecule has 0 aromatic heterocycles. The lowest BCUT2D eigenvalue weighted by molar-refractivity contribution is -0.125. The number of nitrogens with zero attached hydrogens (tertiary/aromatic N) is 1. The minimum Gasteiger partial charge on any atom is -0.490 e. The lowest BCUT2D eigenvalue weighted by Gasteiger charge is -2.48. The van der Waals surface area contributed by atoms with Gasteiger partial charge in [0.1, 0.15) is 5.75 Å². The van der Waals surface area contributed by atoms with Crippen molar-refractivity contribution < 1.29 is 23.6 Å². The smallest absolute Gasteiger partial charge is 0.262 e. The van der Waals surface area contributed by atoms with E-state index in [-0.39, 0.29) is 17.3 Å². The van der Waals surface area contributed by atoms with Gasteiger partial charge in [0.05, 0.1) is 46.1 Å². The molecule has 2 aliphatic carbocycles. The number of halogens is 1. The molecule has 2 N–H and O–H groups in total. The molecule has 1 saturated carbocycles. The summed E-state index contributed by atoms with van der Waals surface area (Å²) in [7, 11) is -2.84. The average molecular weight is 639 g/mol. The van der Waals surface area contributed by atoms with Crippen LogP contribution in [0, 0.1) is 11.8 Å². The molecule has 1 spiro atoms. The molecule has 6 rings (SSSR count). The number of fused-ring (bicyclic) bond motifs is 3. The van der Waals surface area contributed by atoms with Crippen LogP contribution < -0.4 is 14.4 Å². The van der Waals surface area contributed by atoms with Gasteiger partial charge in [0.15, 0.2) is 0 Å². The number of benzene rings is 2. The Morgan fingerprint density at radius 1 is 1.20 bits per heavy atom. The van der Waals surface area contributed by atoms with E-state index in [0.29, 0.717) is 43.5 Å². The molecule has 7 nitrogen and oxygen atoms in total. The molecule has 0 bridgehead atoms. The summed E-state index contributed by atoms with van der Waals surface area (Å²) >= 11 is 6.42. The van der Waals surface area contributed by atoms with Crippen molar-refractivity contribution in [2.45, 2.75) is 62.1 Å². The fraction of sp³-hybridized carbons (Fsp3) is 0.486. The number of aryl methyl sites for hydroxylation is 1. The number of anilines is 1. The first-order valence-corrected chi connectivity index (χ1v) is 17.9. The van der Waals surface area contributed by atoms with Crippen LogP contribution in [0.3, 0.4) is 0 Å². The van der Waals surface area contributed by atoms with Crippen LogP contribution in [0.1, 0.15) is 60.0 Å². The number of ether oxygens (including phenoxy) is 2. The third kappa shape index (κ3) is 6.19. The third-order valence-electron chi connectivity index (χ3n) is 10.2. The van der Waals surface area contributed by atoms with Crippen LogP contribution in [0.15, 0.2) is 61.7 Å². The highest BCUT2D eigenvalue weighted by molar-refractivity contribution is 7.99. The van der Waals surface area contributed by atoms with Gasteiger partial charge in [-0.2, -0.15) is 0 Å². The van der Waals surface area contributed by atoms with Crippen LogP contribution in [0.25, 0.3) is 0 Å². The summed E-state index contributed by atoms with van der Waals surface area (Å²) < 4.78 is 28.2. The van der Waals surface area contributed by atoms with Crippen molar-refractivity contribution >= 4 is 38.8 Å². The van der Waals surface area contributed by atoms with Gasteiger partial charge in [0, 0.05) is 41.9 Å². The summed E-state index contributed by atoms with van der Waals surface area (Å²) in [6, 6.07) is 11.7. The molecule has 6 atom stereocenters. The van der Waals surface area contributed by atoms with Gasteiger partial charge in [-0.25, -0.2) is 4.21 Å². The molecular weight excluding hydrogens is 596 g/mol. The van der Waals surface area contributed by atoms with E-state index < -0.39 is 21.2 Å². The molecule has 236 valence electrons. The largest absolute Gasteiger partial charge is 0.490 e. The van der Waals surface area contributed by atoms with Crippen molar-refractivity contribution in [1.82, 2.24) is 4.72 Å². The van der Waals surface area contributed by atoms with Crippen molar-refractivity contribution in [2.75, 3.05) is 37.0 Å². The van der Waals surface area contributed by atoms with Crippen LogP contribution in [-0.4, -0.2) is 64.9 Å². The molecule has 0 radical (unpaired) electrons. The molecule has 1 amide bonds. The van der Waals surface area contributed by atoms with Crippen molar-refractivity contribution in [3.05, 3.63) is 83.4 Å². The molecule has 2 fully saturated rings. The zero-order valence-electron chi connectivity index (χ0n) is 25.3. The predicted octanol–water partition coefficient (Wildman–Crippen LogP) is 5.48. The lowest BCUT2D eigenvalue weighted by atomic mass is 9.67. The molecule has 2 aromatic carbocycles. The maximum atomic E-state index is 13.3. The van der Waals surface area contributed by atoms with Crippen molar-refractivity contribution in [1.29, 1.82) is 0 Å². The van der Waals surface area contributed by atoms with E-state index >= 15 is 0 Å². The number of hydrogen-bond acceptors (Lipinski definition) is 6. The Bertz CT molecular complexity index is 1560. The van der Waals surface area contributed by atoms with Gasteiger partial charge in [-0.05, 0) is 91.3 Å². The van der Waals surface area contributed by atoms with Crippen LogP contribution >= 0.6 is 11.6 Å². The van der Waals surface area contributed by atoms with E-state index in [4.69, 9.17) is 21.1 Å². The van der Waals surface area contributed by atoms with Gasteiger partial charge < -0.3 is 19.5 Å². The number of rotatable bonds is 8. The Hall–Kier alpha value is -2.78. The highest BCUT2D eigenvalue weighted by Gasteiger charge is 2.46. The van der Waals surface area contributed by atoms with Crippen molar-refractivity contribution in [2.24, 2.45) is 11.8 Å². The Morgan fingerprint density at radius 2 is 2.05 bits per heavy atom. The standard InChI is InChI=1S/C35H43ClN2O5S/c1-4-17-44(3,41)37-33(39)25-9-13-31-30(19-25)38(21-26-8-11-28(26)32-20-35(40,5-2)15-16-42-32)22-34(23-43-31)14-6-7-24-18-27(36)10-12-29(24)34/h4-5,9-10,12-13,18-19,26,28,32,40H,1-3,6-8,11,14-17,20-23H2,(H,37,39,41)/t26-,28+,32+,34-,35-,44?/m0/s1. The summed E-state index contributed by atoms with van der Waals surface area (Å²) in [6.07, 6.45) is 9.41. The number of aliphatic hydroxyl groups is 1. The first kappa shape index (κ1) is 31.2. The maximum absolute atomic E-state index is 13.3. The highest BCUT2D eigenvalue weighted by atomic mass is 35.5. The Morgan fingerprint density at radius 3 is 2.80 bits per heavy atom. The van der Waals surface area contributed by atoms with Crippen molar-refractivity contribution in [3.8, 4) is 5.75 Å². The van der Waals surface area contributed by atoms with E-state index in [2.05, 4.69) is 40.8 Å². The summed E-state index contributed by atoms with van der Waals surface area (Å²) in [6.45, 7) is 10.1. The fourth-order valence-corrected chi connectivity index (χ4v) is 8.78. The number of amides is 1. The summed E-state index contributed by atoms with van der Waals surface area (Å²) in [5.41, 5.74) is 2.68. The minimum absolute atomic E-state index is 0.0214. The first-order chi connectivity index (χ1) is 21.0. The SMILES string of the molecule is C=CCS(=C)(=O)NC(=O)c1ccc2c(c1)N(C[C@@H]1CC[C@H]1[C@H]1C[C@](O)(C=C)CCO1)C[C@@]1(CCCc3cc(Cl)ccc31)CO2. The highest BCUT2D eigenvalue weighted by Crippen LogP contribution is 2.48. The van der Waals surface area contributed by atoms with Gasteiger partial charge in [-0.15, -0.1) is 13.2 Å². The second-order valence-corrected chi connectivity index (χ2v) is 15.8. The number of carbonyl (C=O) groups excluding carboxylic acids is 1. The average Bonchev–Trinajstić information content (AvgIpc) is 3.12. The van der Waals surface area contributed by atoms with Gasteiger partial charge >= 0.3 is 0 Å². The summed E-state index contributed by atoms with van der Waals surface area (Å²) in [5.74, 6) is 4.76. The van der Waals surface area contributed by atoms with Gasteiger partial charge in [0.2, 0.25) is 0 Å². The van der Waals surface area contributed by atoms with Crippen LogP contribution in [0.4, 0.5) is 5.69 Å². The van der Waals surface area contributed by atoms with Gasteiger partial charge in [-0.1, -0.05) is 29.8 Å². The molecule has 2 aromatic rings. The fourth-order valence-electron chi connectivity index (χ4n) is 7.67. The Balaban J connectivity index is 1.34. The second-order valence-electron chi connectivity index (χ2n) is 13.2. The Kier molecular flexibility index (Phi) is 8.65.